The van der Waals surface area contributed by atoms with Crippen LogP contribution < -0.4 is 0 Å². The first kappa shape index (κ1) is 12.9. The molecule has 0 saturated carbocycles. The second-order valence-electron chi connectivity index (χ2n) is 5.59. The van der Waals surface area contributed by atoms with Crippen LogP contribution in [0, 0.1) is 11.3 Å². The van der Waals surface area contributed by atoms with Gasteiger partial charge >= 0.3 is 0 Å². The summed E-state index contributed by atoms with van der Waals surface area (Å²) >= 11 is 0. The molecule has 0 amide bonds. The number of rotatable bonds is 2. The van der Waals surface area contributed by atoms with Gasteiger partial charge in [0.1, 0.15) is 5.67 Å². The number of halogens is 2. The number of hydrogen-bond donors (Lipinski definition) is 0. The lowest BCUT2D eigenvalue weighted by molar-refractivity contribution is -0.123. The summed E-state index contributed by atoms with van der Waals surface area (Å²) in [6.07, 6.45) is 0. The van der Waals surface area contributed by atoms with Gasteiger partial charge in [0.25, 0.3) is 0 Å². The Bertz CT molecular complexity index is 156. The molecule has 0 aromatic carbocycles. The fraction of sp³-hybridized carbons (Fsp3) is 1.00. The molecule has 0 radical (unpaired) electrons. The van der Waals surface area contributed by atoms with E-state index < -0.39 is 16.8 Å². The van der Waals surface area contributed by atoms with Crippen LogP contribution in [0.5, 0.6) is 0 Å². The van der Waals surface area contributed by atoms with E-state index in [1.54, 1.807) is 34.6 Å². The van der Waals surface area contributed by atoms with Gasteiger partial charge in [-0.3, -0.25) is 0 Å². The largest absolute Gasteiger partial charge is 0.241 e. The fourth-order valence-corrected chi connectivity index (χ4v) is 2.44. The van der Waals surface area contributed by atoms with Gasteiger partial charge in [-0.05, 0) is 25.2 Å². The minimum absolute atomic E-state index is 0.326. The first-order valence-corrected chi connectivity index (χ1v) is 4.82. The van der Waals surface area contributed by atoms with Crippen LogP contribution in [0.25, 0.3) is 0 Å². The Morgan fingerprint density at radius 2 is 1.15 bits per heavy atom. The Morgan fingerprint density at radius 1 is 0.846 bits per heavy atom. The molecule has 0 aliphatic rings. The molecule has 2 heteroatoms. The van der Waals surface area contributed by atoms with Crippen LogP contribution in [0.3, 0.4) is 0 Å². The molecule has 0 aromatic rings. The van der Waals surface area contributed by atoms with Crippen molar-refractivity contribution in [3.63, 3.8) is 0 Å². The highest BCUT2D eigenvalue weighted by atomic mass is 19.2. The highest BCUT2D eigenvalue weighted by Crippen LogP contribution is 2.49. The van der Waals surface area contributed by atoms with Gasteiger partial charge in [-0.1, -0.05) is 34.6 Å². The summed E-state index contributed by atoms with van der Waals surface area (Å²) in [6.45, 7) is 11.3. The summed E-state index contributed by atoms with van der Waals surface area (Å²) in [5.41, 5.74) is -4.28. The molecule has 13 heavy (non-hydrogen) atoms. The molecule has 0 aliphatic carbocycles. The first-order valence-electron chi connectivity index (χ1n) is 4.82. The lowest BCUT2D eigenvalue weighted by Crippen LogP contribution is -2.56. The Hall–Kier alpha value is -0.140. The Labute approximate surface area is 80.7 Å². The quantitative estimate of drug-likeness (QED) is 0.616. The molecule has 0 fully saturated rings. The van der Waals surface area contributed by atoms with E-state index in [0.717, 1.165) is 0 Å². The van der Waals surface area contributed by atoms with Crippen molar-refractivity contribution in [3.8, 4) is 0 Å². The number of hydrogen-bond acceptors (Lipinski definition) is 0. The molecule has 0 bridgehead atoms. The second-order valence-corrected chi connectivity index (χ2v) is 5.59. The molecule has 1 unspecified atom stereocenters. The lowest BCUT2D eigenvalue weighted by Gasteiger charge is -2.47. The van der Waals surface area contributed by atoms with Crippen molar-refractivity contribution in [2.75, 3.05) is 0 Å². The zero-order valence-corrected chi connectivity index (χ0v) is 9.83. The third kappa shape index (κ3) is 2.03. The average molecular weight is 192 g/mol. The van der Waals surface area contributed by atoms with Gasteiger partial charge in [0.15, 0.2) is 5.67 Å². The SMILES string of the molecule is CC(C)C(F)(C(C)(C)C)C(C)(C)F. The van der Waals surface area contributed by atoms with E-state index in [9.17, 15) is 8.78 Å². The normalized spacial score (nSPS) is 18.9. The van der Waals surface area contributed by atoms with Gasteiger partial charge in [-0.25, -0.2) is 8.78 Å². The molecule has 0 heterocycles. The maximum atomic E-state index is 14.6. The van der Waals surface area contributed by atoms with E-state index in [1.807, 2.05) is 0 Å². The van der Waals surface area contributed by atoms with Crippen LogP contribution in [0.2, 0.25) is 0 Å². The molecule has 0 saturated heterocycles. The van der Waals surface area contributed by atoms with Crippen LogP contribution in [-0.4, -0.2) is 11.3 Å². The van der Waals surface area contributed by atoms with E-state index >= 15 is 0 Å². The maximum Gasteiger partial charge on any atom is 0.151 e. The van der Waals surface area contributed by atoms with Crippen molar-refractivity contribution in [3.05, 3.63) is 0 Å². The Balaban J connectivity index is 5.22. The van der Waals surface area contributed by atoms with E-state index in [1.165, 1.54) is 13.8 Å². The van der Waals surface area contributed by atoms with Gasteiger partial charge < -0.3 is 0 Å². The predicted octanol–water partition coefficient (Wildman–Crippen LogP) is 4.14. The summed E-state index contributed by atoms with van der Waals surface area (Å²) in [6, 6.07) is 0. The monoisotopic (exact) mass is 192 g/mol. The summed E-state index contributed by atoms with van der Waals surface area (Å²) in [5.74, 6) is -0.326. The maximum absolute atomic E-state index is 14.6. The third-order valence-electron chi connectivity index (χ3n) is 2.75. The summed E-state index contributed by atoms with van der Waals surface area (Å²) in [7, 11) is 0. The van der Waals surface area contributed by atoms with Crippen molar-refractivity contribution >= 4 is 0 Å². The summed E-state index contributed by atoms with van der Waals surface area (Å²) < 4.78 is 28.4. The third-order valence-corrected chi connectivity index (χ3v) is 2.75. The second kappa shape index (κ2) is 3.21. The van der Waals surface area contributed by atoms with Crippen molar-refractivity contribution in [1.82, 2.24) is 0 Å². The first-order chi connectivity index (χ1) is 5.44. The fourth-order valence-electron chi connectivity index (χ4n) is 2.44. The van der Waals surface area contributed by atoms with E-state index in [2.05, 4.69) is 0 Å². The minimum Gasteiger partial charge on any atom is -0.241 e. The van der Waals surface area contributed by atoms with Gasteiger partial charge in [-0.2, -0.15) is 0 Å². The molecule has 0 aromatic heterocycles. The van der Waals surface area contributed by atoms with E-state index in [0.29, 0.717) is 0 Å². The topological polar surface area (TPSA) is 0 Å². The molecular weight excluding hydrogens is 170 g/mol. The molecule has 0 rings (SSSR count). The molecule has 0 spiro atoms. The van der Waals surface area contributed by atoms with E-state index in [-0.39, 0.29) is 5.92 Å². The van der Waals surface area contributed by atoms with Crippen LogP contribution in [0.1, 0.15) is 48.5 Å². The van der Waals surface area contributed by atoms with Crippen molar-refractivity contribution < 1.29 is 8.78 Å². The highest BCUT2D eigenvalue weighted by Gasteiger charge is 2.56. The molecular formula is C11H22F2. The average Bonchev–Trinajstić information content (AvgIpc) is 1.80. The lowest BCUT2D eigenvalue weighted by atomic mass is 9.64. The summed E-state index contributed by atoms with van der Waals surface area (Å²) in [5, 5.41) is 0. The zero-order chi connectivity index (χ0) is 11.1. The molecule has 80 valence electrons. The number of alkyl halides is 2. The molecule has 0 N–H and O–H groups in total. The molecule has 1 atom stereocenters. The molecule has 0 aliphatic heterocycles. The van der Waals surface area contributed by atoms with Gasteiger partial charge in [-0.15, -0.1) is 0 Å². The highest BCUT2D eigenvalue weighted by molar-refractivity contribution is 5.04. The standard InChI is InChI=1S/C11H22F2/c1-8(2)11(13,9(3,4)5)10(6,7)12/h8H,1-7H3. The van der Waals surface area contributed by atoms with Crippen molar-refractivity contribution in [1.29, 1.82) is 0 Å². The van der Waals surface area contributed by atoms with E-state index in [4.69, 9.17) is 0 Å². The zero-order valence-electron chi connectivity index (χ0n) is 9.83. The van der Waals surface area contributed by atoms with Crippen LogP contribution >= 0.6 is 0 Å². The Kier molecular flexibility index (Phi) is 3.18. The van der Waals surface area contributed by atoms with Crippen molar-refractivity contribution in [2.45, 2.75) is 59.8 Å². The Morgan fingerprint density at radius 3 is 1.15 bits per heavy atom. The van der Waals surface area contributed by atoms with Crippen LogP contribution in [0.4, 0.5) is 8.78 Å². The summed E-state index contributed by atoms with van der Waals surface area (Å²) in [4.78, 5) is 0. The van der Waals surface area contributed by atoms with Gasteiger partial charge in [0.05, 0.1) is 0 Å². The van der Waals surface area contributed by atoms with Crippen LogP contribution in [0.15, 0.2) is 0 Å². The molecule has 0 nitrogen and oxygen atoms in total. The van der Waals surface area contributed by atoms with Crippen LogP contribution in [-0.2, 0) is 0 Å². The van der Waals surface area contributed by atoms with Gasteiger partial charge in [0, 0.05) is 0 Å². The van der Waals surface area contributed by atoms with Crippen molar-refractivity contribution in [2.24, 2.45) is 11.3 Å². The smallest absolute Gasteiger partial charge is 0.151 e. The van der Waals surface area contributed by atoms with Gasteiger partial charge in [0.2, 0.25) is 0 Å². The predicted molar refractivity (Wildman–Crippen MR) is 53.3 cm³/mol. The minimum atomic E-state index is -1.81.